The van der Waals surface area contributed by atoms with Crippen molar-refractivity contribution in [2.24, 2.45) is 57.2 Å². The van der Waals surface area contributed by atoms with Gasteiger partial charge in [0.1, 0.15) is 6.10 Å². The molecule has 0 bridgehead atoms. The van der Waals surface area contributed by atoms with Gasteiger partial charge in [-0.1, -0.05) is 41.5 Å². The highest BCUT2D eigenvalue weighted by Gasteiger charge is 2.85. The van der Waals surface area contributed by atoms with E-state index in [1.807, 2.05) is 0 Å². The lowest BCUT2D eigenvalue weighted by Gasteiger charge is -2.59. The fourth-order valence-electron chi connectivity index (χ4n) is 12.1. The number of hydrogen-bond acceptors (Lipinski definition) is 5. The quantitative estimate of drug-likeness (QED) is 0.403. The number of aliphatic hydroxyl groups excluding tert-OH is 3. The van der Waals surface area contributed by atoms with Gasteiger partial charge in [-0.25, -0.2) is 4.79 Å². The standard InChI is InChI=1S/C33H55NO5/c1-19(2)23(39-29(38)34-17-8-18-34)10-7-9-22-27(36)28(37)26-21-11-12-24-30(4,5)25(35)13-14-33(24)20(3)32(21,33)16-15-31(22,26)6/h19-28,35-37H,7-18H2,1-6H3/t20-,21-,22?,23-,24?,25-,26?,27-,28+,31+,32-,33?/m0/s1. The van der Waals surface area contributed by atoms with Gasteiger partial charge in [0.15, 0.2) is 0 Å². The highest BCUT2D eigenvalue weighted by Crippen LogP contribution is 2.89. The average Bonchev–Trinajstić information content (AvgIpc) is 3.30. The van der Waals surface area contributed by atoms with Crippen LogP contribution >= 0.6 is 0 Å². The van der Waals surface area contributed by atoms with Crippen molar-refractivity contribution in [3.63, 3.8) is 0 Å². The molecule has 6 nitrogen and oxygen atoms in total. The van der Waals surface area contributed by atoms with E-state index in [9.17, 15) is 20.1 Å². The van der Waals surface area contributed by atoms with Gasteiger partial charge < -0.3 is 25.0 Å². The topological polar surface area (TPSA) is 90.2 Å². The van der Waals surface area contributed by atoms with E-state index in [2.05, 4.69) is 41.5 Å². The number of fused-ring (bicyclic) bond motifs is 2. The largest absolute Gasteiger partial charge is 0.446 e. The fraction of sp³-hybridized carbons (Fsp3) is 0.970. The molecule has 4 unspecified atom stereocenters. The average molecular weight is 546 g/mol. The van der Waals surface area contributed by atoms with Gasteiger partial charge in [0.25, 0.3) is 0 Å². The van der Waals surface area contributed by atoms with Crippen LogP contribution in [0.15, 0.2) is 0 Å². The molecular formula is C33H55NO5. The van der Waals surface area contributed by atoms with Crippen molar-refractivity contribution in [1.29, 1.82) is 0 Å². The maximum atomic E-state index is 12.5. The second-order valence-electron chi connectivity index (χ2n) is 16.0. The minimum atomic E-state index is -0.677. The summed E-state index contributed by atoms with van der Waals surface area (Å²) >= 11 is 0. The van der Waals surface area contributed by atoms with Gasteiger partial charge in [0.2, 0.25) is 0 Å². The molecule has 1 amide bonds. The second kappa shape index (κ2) is 9.33. The van der Waals surface area contributed by atoms with Crippen LogP contribution in [0.2, 0.25) is 0 Å². The van der Waals surface area contributed by atoms with Crippen LogP contribution in [0.4, 0.5) is 4.79 Å². The molecule has 5 aliphatic carbocycles. The summed E-state index contributed by atoms with van der Waals surface area (Å²) in [6, 6.07) is 0. The molecule has 1 aliphatic heterocycles. The Balaban J connectivity index is 1.17. The molecule has 0 aromatic rings. The van der Waals surface area contributed by atoms with Crippen molar-refractivity contribution in [1.82, 2.24) is 4.90 Å². The van der Waals surface area contributed by atoms with Crippen molar-refractivity contribution in [3.8, 4) is 0 Å². The summed E-state index contributed by atoms with van der Waals surface area (Å²) < 4.78 is 5.89. The molecule has 5 saturated carbocycles. The predicted molar refractivity (Wildman–Crippen MR) is 151 cm³/mol. The molecular weight excluding hydrogens is 490 g/mol. The first-order chi connectivity index (χ1) is 18.3. The summed E-state index contributed by atoms with van der Waals surface area (Å²) in [6.45, 7) is 15.3. The Morgan fingerprint density at radius 1 is 0.974 bits per heavy atom. The van der Waals surface area contributed by atoms with E-state index in [-0.39, 0.29) is 52.3 Å². The van der Waals surface area contributed by atoms with Gasteiger partial charge in [0, 0.05) is 13.1 Å². The molecule has 0 aromatic heterocycles. The number of likely N-dealkylation sites (tertiary alicyclic amines) is 1. The Bertz CT molecular complexity index is 964. The molecule has 1 heterocycles. The first kappa shape index (κ1) is 28.3. The molecule has 6 rings (SSSR count). The minimum absolute atomic E-state index is 0.0515. The van der Waals surface area contributed by atoms with E-state index >= 15 is 0 Å². The number of ether oxygens (including phenoxy) is 1. The summed E-state index contributed by atoms with van der Waals surface area (Å²) in [5.74, 6) is 2.14. The Hall–Kier alpha value is -0.850. The van der Waals surface area contributed by atoms with Crippen molar-refractivity contribution >= 4 is 6.09 Å². The highest BCUT2D eigenvalue weighted by molar-refractivity contribution is 5.68. The molecule has 1 saturated heterocycles. The number of nitrogens with zero attached hydrogens (tertiary/aromatic N) is 1. The van der Waals surface area contributed by atoms with Gasteiger partial charge in [0.05, 0.1) is 18.3 Å². The van der Waals surface area contributed by atoms with Crippen molar-refractivity contribution in [2.75, 3.05) is 13.1 Å². The molecule has 3 N–H and O–H groups in total. The van der Waals surface area contributed by atoms with E-state index in [1.54, 1.807) is 4.90 Å². The van der Waals surface area contributed by atoms with Gasteiger partial charge in [-0.2, -0.15) is 0 Å². The number of aliphatic hydroxyl groups is 3. The summed E-state index contributed by atoms with van der Waals surface area (Å²) in [7, 11) is 0. The van der Waals surface area contributed by atoms with Crippen LogP contribution in [-0.2, 0) is 4.74 Å². The maximum Gasteiger partial charge on any atom is 0.410 e. The number of rotatable bonds is 6. The smallest absolute Gasteiger partial charge is 0.410 e. The van der Waals surface area contributed by atoms with Gasteiger partial charge in [-0.3, -0.25) is 0 Å². The van der Waals surface area contributed by atoms with Crippen molar-refractivity contribution in [3.05, 3.63) is 0 Å². The Labute approximate surface area is 236 Å². The molecule has 6 fully saturated rings. The van der Waals surface area contributed by atoms with Gasteiger partial charge in [-0.15, -0.1) is 0 Å². The number of hydrogen-bond donors (Lipinski definition) is 3. The zero-order valence-electron chi connectivity index (χ0n) is 25.4. The molecule has 222 valence electrons. The fourth-order valence-corrected chi connectivity index (χ4v) is 12.1. The highest BCUT2D eigenvalue weighted by atomic mass is 16.6. The normalized spacial score (nSPS) is 50.3. The Morgan fingerprint density at radius 2 is 1.69 bits per heavy atom. The summed E-state index contributed by atoms with van der Waals surface area (Å²) in [5.41, 5.74) is 0.453. The van der Waals surface area contributed by atoms with E-state index in [4.69, 9.17) is 4.74 Å². The van der Waals surface area contributed by atoms with Crippen LogP contribution < -0.4 is 0 Å². The molecule has 6 aliphatic rings. The first-order valence-corrected chi connectivity index (χ1v) is 16.3. The van der Waals surface area contributed by atoms with Crippen molar-refractivity contribution < 1.29 is 24.9 Å². The third-order valence-corrected chi connectivity index (χ3v) is 14.3. The summed E-state index contributed by atoms with van der Waals surface area (Å²) in [5, 5.41) is 34.1. The van der Waals surface area contributed by atoms with Crippen LogP contribution in [-0.4, -0.2) is 63.8 Å². The lowest BCUT2D eigenvalue weighted by Crippen LogP contribution is -2.55. The molecule has 2 spiro atoms. The summed E-state index contributed by atoms with van der Waals surface area (Å²) in [4.78, 5) is 14.2. The monoisotopic (exact) mass is 545 g/mol. The zero-order valence-corrected chi connectivity index (χ0v) is 25.4. The predicted octanol–water partition coefficient (Wildman–Crippen LogP) is 5.62. The molecule has 0 radical (unpaired) electrons. The molecule has 6 heteroatoms. The lowest BCUT2D eigenvalue weighted by molar-refractivity contribution is -0.142. The molecule has 39 heavy (non-hydrogen) atoms. The minimum Gasteiger partial charge on any atom is -0.446 e. The molecule has 0 aromatic carbocycles. The Morgan fingerprint density at radius 3 is 2.33 bits per heavy atom. The van der Waals surface area contributed by atoms with Crippen LogP contribution in [0, 0.1) is 57.2 Å². The third-order valence-electron chi connectivity index (χ3n) is 14.3. The van der Waals surface area contributed by atoms with E-state index in [0.717, 1.165) is 70.9 Å². The van der Waals surface area contributed by atoms with Crippen LogP contribution in [0.1, 0.15) is 106 Å². The Kier molecular flexibility index (Phi) is 6.76. The van der Waals surface area contributed by atoms with Crippen LogP contribution in [0.5, 0.6) is 0 Å². The van der Waals surface area contributed by atoms with E-state index in [1.165, 1.54) is 6.42 Å². The third kappa shape index (κ3) is 3.65. The van der Waals surface area contributed by atoms with Crippen molar-refractivity contribution in [2.45, 2.75) is 130 Å². The number of carbonyl (C=O) groups is 1. The van der Waals surface area contributed by atoms with Crippen LogP contribution in [0.3, 0.4) is 0 Å². The zero-order chi connectivity index (χ0) is 28.1. The first-order valence-electron chi connectivity index (χ1n) is 16.3. The lowest BCUT2D eigenvalue weighted by atomic mass is 9.46. The maximum absolute atomic E-state index is 12.5. The van der Waals surface area contributed by atoms with Gasteiger partial charge >= 0.3 is 6.09 Å². The van der Waals surface area contributed by atoms with E-state index < -0.39 is 12.2 Å². The molecule has 12 atom stereocenters. The van der Waals surface area contributed by atoms with Gasteiger partial charge in [-0.05, 0) is 121 Å². The van der Waals surface area contributed by atoms with E-state index in [0.29, 0.717) is 23.2 Å². The summed E-state index contributed by atoms with van der Waals surface area (Å²) in [6.07, 6.45) is 8.37. The number of carbonyl (C=O) groups excluding carboxylic acids is 1. The SMILES string of the molecule is CC(C)[C@H](CCCC1[C@H](O)[C@H](O)C2[C@@H]3CCC4C(C)(C)[C@@H](O)CCC45[C@@H](C)[C@@]35CC[C@]12C)OC(=O)N1CCC1. The second-order valence-corrected chi connectivity index (χ2v) is 16.0. The van der Waals surface area contributed by atoms with Crippen LogP contribution in [0.25, 0.3) is 0 Å². The number of amides is 1.